The summed E-state index contributed by atoms with van der Waals surface area (Å²) >= 11 is 0. The Hall–Kier alpha value is -0.0151. The molecule has 68 valence electrons. The largest absolute Gasteiger partial charge is 0.366 e. The highest BCUT2D eigenvalue weighted by molar-refractivity contribution is 6.38. The Bertz CT molecular complexity index is 174. The van der Waals surface area contributed by atoms with Crippen LogP contribution in [-0.4, -0.2) is 24.8 Å². The van der Waals surface area contributed by atoms with Crippen molar-refractivity contribution in [3.63, 3.8) is 0 Å². The minimum absolute atomic E-state index is 0.419. The summed E-state index contributed by atoms with van der Waals surface area (Å²) in [5.41, 5.74) is 0. The van der Waals surface area contributed by atoms with E-state index in [0.717, 1.165) is 33.1 Å². The minimum atomic E-state index is -0.745. The van der Waals surface area contributed by atoms with Crippen LogP contribution in [-0.2, 0) is 4.74 Å². The normalized spacial score (nSPS) is 47.8. The Morgan fingerprint density at radius 2 is 2.42 bits per heavy atom. The zero-order valence-electron chi connectivity index (χ0n) is 7.75. The maximum atomic E-state index is 10.1. The first-order valence-corrected chi connectivity index (χ1v) is 5.07. The molecule has 0 aromatic carbocycles. The molecule has 2 aliphatic rings. The number of rotatable bonds is 0. The van der Waals surface area contributed by atoms with Crippen molar-refractivity contribution < 1.29 is 9.84 Å². The first-order valence-electron chi connectivity index (χ1n) is 5.07. The van der Waals surface area contributed by atoms with Crippen LogP contribution in [0.3, 0.4) is 0 Å². The van der Waals surface area contributed by atoms with E-state index < -0.39 is 5.79 Å². The van der Waals surface area contributed by atoms with Crippen LogP contribution in [0.4, 0.5) is 0 Å². The Labute approximate surface area is 74.5 Å². The lowest BCUT2D eigenvalue weighted by atomic mass is 9.57. The molecule has 0 aromatic heterocycles. The van der Waals surface area contributed by atoms with Gasteiger partial charge in [-0.2, -0.15) is 0 Å². The molecule has 1 N–H and O–H groups in total. The molecular weight excluding hydrogens is 151 g/mol. The number of hydrogen-bond donors (Lipinski definition) is 1. The smallest absolute Gasteiger partial charge is 0.161 e. The van der Waals surface area contributed by atoms with Gasteiger partial charge in [0.1, 0.15) is 7.28 Å². The van der Waals surface area contributed by atoms with Crippen LogP contribution in [0.5, 0.6) is 0 Å². The molecule has 0 spiro atoms. The average Bonchev–Trinajstić information content (AvgIpc) is 2.35. The Kier molecular flexibility index (Phi) is 2.17. The summed E-state index contributed by atoms with van der Waals surface area (Å²) in [6.45, 7) is 2.94. The van der Waals surface area contributed by atoms with Gasteiger partial charge in [0.2, 0.25) is 0 Å². The van der Waals surface area contributed by atoms with Gasteiger partial charge < -0.3 is 9.84 Å². The van der Waals surface area contributed by atoms with Gasteiger partial charge in [-0.05, 0) is 18.2 Å². The predicted molar refractivity (Wildman–Crippen MR) is 49.6 cm³/mol. The topological polar surface area (TPSA) is 29.5 Å². The van der Waals surface area contributed by atoms with Gasteiger partial charge in [0.05, 0.1) is 6.61 Å². The van der Waals surface area contributed by atoms with E-state index in [1.54, 1.807) is 0 Å². The molecule has 2 nitrogen and oxygen atoms in total. The Balaban J connectivity index is 2.07. The summed E-state index contributed by atoms with van der Waals surface area (Å²) in [5.74, 6) is 0.298. The van der Waals surface area contributed by atoms with Crippen molar-refractivity contribution in [2.24, 2.45) is 5.92 Å². The van der Waals surface area contributed by atoms with E-state index in [0.29, 0.717) is 11.7 Å². The summed E-state index contributed by atoms with van der Waals surface area (Å²) in [4.78, 5) is 0. The molecular formula is C9H17BO2. The second-order valence-electron chi connectivity index (χ2n) is 4.43. The van der Waals surface area contributed by atoms with E-state index in [9.17, 15) is 5.11 Å². The Morgan fingerprint density at radius 1 is 1.58 bits per heavy atom. The summed E-state index contributed by atoms with van der Waals surface area (Å²) in [6.07, 6.45) is 4.36. The molecule has 1 saturated heterocycles. The molecule has 1 aliphatic heterocycles. The van der Waals surface area contributed by atoms with Gasteiger partial charge >= 0.3 is 0 Å². The fourth-order valence-electron chi connectivity index (χ4n) is 2.45. The highest BCUT2D eigenvalue weighted by Crippen LogP contribution is 2.43. The van der Waals surface area contributed by atoms with Crippen molar-refractivity contribution in [1.29, 1.82) is 0 Å². The van der Waals surface area contributed by atoms with E-state index in [1.165, 1.54) is 6.32 Å². The number of hydrogen-bond acceptors (Lipinski definition) is 2. The van der Waals surface area contributed by atoms with Crippen LogP contribution in [0, 0.1) is 5.92 Å². The summed E-state index contributed by atoms with van der Waals surface area (Å²) < 4.78 is 5.58. The third-order valence-electron chi connectivity index (χ3n) is 3.35. The molecule has 3 unspecified atom stereocenters. The van der Waals surface area contributed by atoms with Crippen molar-refractivity contribution in [3.05, 3.63) is 0 Å². The lowest BCUT2D eigenvalue weighted by Crippen LogP contribution is -2.34. The second-order valence-corrected chi connectivity index (χ2v) is 4.43. The molecule has 0 amide bonds. The van der Waals surface area contributed by atoms with Gasteiger partial charge in [0, 0.05) is 6.42 Å². The molecule has 1 saturated carbocycles. The molecule has 0 aromatic rings. The number of ether oxygens (including phenoxy) is 1. The molecule has 2 rings (SSSR count). The van der Waals surface area contributed by atoms with Gasteiger partial charge in [-0.1, -0.05) is 19.7 Å². The molecule has 3 atom stereocenters. The van der Waals surface area contributed by atoms with Crippen LogP contribution in [0.25, 0.3) is 0 Å². The van der Waals surface area contributed by atoms with E-state index in [1.807, 2.05) is 0 Å². The van der Waals surface area contributed by atoms with Gasteiger partial charge in [-0.25, -0.2) is 0 Å². The molecule has 0 radical (unpaired) electrons. The SMILES string of the molecule is CC1CBC2CCCC2(O)OC1. The van der Waals surface area contributed by atoms with Gasteiger partial charge in [0.25, 0.3) is 0 Å². The van der Waals surface area contributed by atoms with Crippen molar-refractivity contribution >= 4 is 7.28 Å². The first kappa shape index (κ1) is 8.58. The standard InChI is InChI=1S/C9H17BO2/c1-7-5-10-8-3-2-4-9(8,11)12-6-7/h7-8,10-11H,2-6H2,1H3. The van der Waals surface area contributed by atoms with Crippen molar-refractivity contribution in [1.82, 2.24) is 0 Å². The van der Waals surface area contributed by atoms with Gasteiger partial charge in [-0.3, -0.25) is 0 Å². The van der Waals surface area contributed by atoms with Crippen molar-refractivity contribution in [3.8, 4) is 0 Å². The molecule has 1 aliphatic carbocycles. The second kappa shape index (κ2) is 3.04. The summed E-state index contributed by atoms with van der Waals surface area (Å²) in [5, 5.41) is 10.1. The van der Waals surface area contributed by atoms with E-state index in [-0.39, 0.29) is 0 Å². The molecule has 3 heteroatoms. The highest BCUT2D eigenvalue weighted by Gasteiger charge is 2.43. The monoisotopic (exact) mass is 168 g/mol. The summed E-state index contributed by atoms with van der Waals surface area (Å²) in [6, 6.07) is 0. The average molecular weight is 168 g/mol. The fraction of sp³-hybridized carbons (Fsp3) is 1.00. The van der Waals surface area contributed by atoms with Crippen LogP contribution >= 0.6 is 0 Å². The Morgan fingerprint density at radius 3 is 3.25 bits per heavy atom. The minimum Gasteiger partial charge on any atom is -0.366 e. The third-order valence-corrected chi connectivity index (χ3v) is 3.35. The van der Waals surface area contributed by atoms with Crippen LogP contribution in [0.1, 0.15) is 26.2 Å². The van der Waals surface area contributed by atoms with E-state index in [4.69, 9.17) is 4.74 Å². The molecule has 1 heterocycles. The van der Waals surface area contributed by atoms with Gasteiger partial charge in [0.15, 0.2) is 5.79 Å². The van der Waals surface area contributed by atoms with Crippen molar-refractivity contribution in [2.45, 2.75) is 44.1 Å². The summed E-state index contributed by atoms with van der Waals surface area (Å²) in [7, 11) is 1.15. The van der Waals surface area contributed by atoms with Crippen LogP contribution in [0.15, 0.2) is 0 Å². The molecule has 12 heavy (non-hydrogen) atoms. The van der Waals surface area contributed by atoms with E-state index >= 15 is 0 Å². The zero-order chi connectivity index (χ0) is 8.60. The maximum Gasteiger partial charge on any atom is 0.161 e. The lowest BCUT2D eigenvalue weighted by molar-refractivity contribution is -0.199. The fourth-order valence-corrected chi connectivity index (χ4v) is 2.45. The maximum absolute atomic E-state index is 10.1. The first-order chi connectivity index (χ1) is 5.71. The lowest BCUT2D eigenvalue weighted by Gasteiger charge is -2.27. The van der Waals surface area contributed by atoms with Crippen LogP contribution in [0.2, 0.25) is 12.1 Å². The third kappa shape index (κ3) is 1.40. The molecule has 2 fully saturated rings. The van der Waals surface area contributed by atoms with E-state index in [2.05, 4.69) is 6.92 Å². The highest BCUT2D eigenvalue weighted by atomic mass is 16.6. The van der Waals surface area contributed by atoms with Crippen LogP contribution < -0.4 is 0 Å². The zero-order valence-corrected chi connectivity index (χ0v) is 7.75. The predicted octanol–water partition coefficient (Wildman–Crippen LogP) is 1.17. The molecule has 0 bridgehead atoms. The van der Waals surface area contributed by atoms with Crippen molar-refractivity contribution in [2.75, 3.05) is 6.61 Å². The number of aliphatic hydroxyl groups is 1. The van der Waals surface area contributed by atoms with Gasteiger partial charge in [-0.15, -0.1) is 0 Å². The quantitative estimate of drug-likeness (QED) is 0.550. The number of fused-ring (bicyclic) bond motifs is 1.